The Kier molecular flexibility index (Phi) is 9.23. The van der Waals surface area contributed by atoms with Crippen LogP contribution < -0.4 is 0 Å². The summed E-state index contributed by atoms with van der Waals surface area (Å²) in [7, 11) is -0.601. The molecule has 0 aromatic heterocycles. The van der Waals surface area contributed by atoms with Crippen molar-refractivity contribution in [3.8, 4) is 12.3 Å². The molecule has 0 aliphatic carbocycles. The molecule has 3 nitrogen and oxygen atoms in total. The highest BCUT2D eigenvalue weighted by molar-refractivity contribution is 6.36. The average molecular weight is 184 g/mol. The normalized spacial score (nSPS) is 9.62. The van der Waals surface area contributed by atoms with Gasteiger partial charge in [-0.15, -0.1) is 6.42 Å². The van der Waals surface area contributed by atoms with Crippen molar-refractivity contribution in [2.24, 2.45) is 0 Å². The lowest BCUT2D eigenvalue weighted by atomic mass is 10.2. The summed E-state index contributed by atoms with van der Waals surface area (Å²) in [5.41, 5.74) is 0. The van der Waals surface area contributed by atoms with Gasteiger partial charge in [0.1, 0.15) is 0 Å². The molecule has 13 heavy (non-hydrogen) atoms. The maximum absolute atomic E-state index is 5.26. The molecular formula is C9H17BO3. The predicted molar refractivity (Wildman–Crippen MR) is 53.0 cm³/mol. The summed E-state index contributed by atoms with van der Waals surface area (Å²) in [5.74, 6) is 2.37. The van der Waals surface area contributed by atoms with Crippen molar-refractivity contribution in [1.29, 1.82) is 0 Å². The molecule has 0 radical (unpaired) electrons. The molecule has 0 saturated carbocycles. The summed E-state index contributed by atoms with van der Waals surface area (Å²) in [6, 6.07) is 0. The SMILES string of the molecule is C#CCOB(OCCC)OCCC. The van der Waals surface area contributed by atoms with Crippen LogP contribution in [-0.2, 0) is 14.0 Å². The molecule has 0 rings (SSSR count). The summed E-state index contributed by atoms with van der Waals surface area (Å²) >= 11 is 0. The second kappa shape index (κ2) is 9.59. The van der Waals surface area contributed by atoms with Crippen molar-refractivity contribution in [1.82, 2.24) is 0 Å². The molecule has 0 aliphatic rings. The lowest BCUT2D eigenvalue weighted by Crippen LogP contribution is -2.28. The number of hydrogen-bond acceptors (Lipinski definition) is 3. The van der Waals surface area contributed by atoms with Gasteiger partial charge in [0.05, 0.1) is 6.61 Å². The van der Waals surface area contributed by atoms with Crippen LogP contribution in [0.15, 0.2) is 0 Å². The highest BCUT2D eigenvalue weighted by Crippen LogP contribution is 1.95. The van der Waals surface area contributed by atoms with Gasteiger partial charge >= 0.3 is 7.32 Å². The first-order valence-corrected chi connectivity index (χ1v) is 4.63. The van der Waals surface area contributed by atoms with Crippen molar-refractivity contribution < 1.29 is 14.0 Å². The highest BCUT2D eigenvalue weighted by Gasteiger charge is 2.19. The molecule has 0 spiro atoms. The molecule has 0 amide bonds. The molecule has 0 fully saturated rings. The first-order chi connectivity index (χ1) is 6.35. The zero-order valence-corrected chi connectivity index (χ0v) is 8.41. The number of terminal acetylenes is 1. The van der Waals surface area contributed by atoms with Crippen LogP contribution in [0.1, 0.15) is 26.7 Å². The Labute approximate surface area is 80.9 Å². The Morgan fingerprint density at radius 2 is 1.62 bits per heavy atom. The topological polar surface area (TPSA) is 27.7 Å². The quantitative estimate of drug-likeness (QED) is 0.422. The molecule has 0 heterocycles. The van der Waals surface area contributed by atoms with E-state index in [1.165, 1.54) is 0 Å². The van der Waals surface area contributed by atoms with Gasteiger partial charge < -0.3 is 14.0 Å². The summed E-state index contributed by atoms with van der Waals surface area (Å²) < 4.78 is 15.6. The molecule has 0 N–H and O–H groups in total. The van der Waals surface area contributed by atoms with Gasteiger partial charge in [-0.1, -0.05) is 19.8 Å². The van der Waals surface area contributed by atoms with E-state index in [9.17, 15) is 0 Å². The van der Waals surface area contributed by atoms with Crippen LogP contribution in [0.25, 0.3) is 0 Å². The first kappa shape index (κ1) is 12.5. The third-order valence-electron chi connectivity index (χ3n) is 1.22. The fourth-order valence-electron chi connectivity index (χ4n) is 0.689. The third-order valence-corrected chi connectivity index (χ3v) is 1.22. The second-order valence-corrected chi connectivity index (χ2v) is 2.55. The molecule has 74 valence electrons. The molecule has 0 saturated heterocycles. The molecule has 0 aromatic rings. The van der Waals surface area contributed by atoms with Gasteiger partial charge in [0.25, 0.3) is 0 Å². The average Bonchev–Trinajstić information content (AvgIpc) is 2.17. The van der Waals surface area contributed by atoms with Crippen LogP contribution in [0, 0.1) is 12.3 Å². The monoisotopic (exact) mass is 184 g/mol. The fourth-order valence-corrected chi connectivity index (χ4v) is 0.689. The minimum Gasteiger partial charge on any atom is -0.386 e. The van der Waals surface area contributed by atoms with Crippen molar-refractivity contribution >= 4 is 7.32 Å². The van der Waals surface area contributed by atoms with E-state index in [1.54, 1.807) is 0 Å². The molecule has 0 bridgehead atoms. The Hall–Kier alpha value is -0.495. The molecule has 4 heteroatoms. The zero-order valence-electron chi connectivity index (χ0n) is 8.41. The maximum Gasteiger partial charge on any atom is 0.640 e. The number of rotatable bonds is 8. The lowest BCUT2D eigenvalue weighted by Gasteiger charge is -2.11. The molecule has 0 aromatic carbocycles. The molecular weight excluding hydrogens is 167 g/mol. The van der Waals surface area contributed by atoms with E-state index in [-0.39, 0.29) is 6.61 Å². The summed E-state index contributed by atoms with van der Waals surface area (Å²) in [5, 5.41) is 0. The Balaban J connectivity index is 3.54. The van der Waals surface area contributed by atoms with Crippen LogP contribution in [0.4, 0.5) is 0 Å². The van der Waals surface area contributed by atoms with Crippen LogP contribution in [-0.4, -0.2) is 27.1 Å². The summed E-state index contributed by atoms with van der Waals surface area (Å²) in [4.78, 5) is 0. The van der Waals surface area contributed by atoms with Crippen LogP contribution in [0.5, 0.6) is 0 Å². The fraction of sp³-hybridized carbons (Fsp3) is 0.778. The van der Waals surface area contributed by atoms with Crippen LogP contribution in [0.3, 0.4) is 0 Å². The lowest BCUT2D eigenvalue weighted by molar-refractivity contribution is 0.104. The minimum atomic E-state index is -0.601. The van der Waals surface area contributed by atoms with Crippen LogP contribution >= 0.6 is 0 Å². The van der Waals surface area contributed by atoms with Gasteiger partial charge in [0, 0.05) is 13.2 Å². The zero-order chi connectivity index (χ0) is 9.94. The van der Waals surface area contributed by atoms with Gasteiger partial charge in [-0.05, 0) is 12.8 Å². The van der Waals surface area contributed by atoms with E-state index in [0.717, 1.165) is 12.8 Å². The standard InChI is InChI=1S/C9H17BO3/c1-4-7-11-10(12-8-5-2)13-9-6-3/h1H,5-9H2,2-3H3. The van der Waals surface area contributed by atoms with Crippen molar-refractivity contribution in [3.63, 3.8) is 0 Å². The highest BCUT2D eigenvalue weighted by atomic mass is 16.7. The second-order valence-electron chi connectivity index (χ2n) is 2.55. The van der Waals surface area contributed by atoms with Crippen molar-refractivity contribution in [2.75, 3.05) is 19.8 Å². The molecule has 0 unspecified atom stereocenters. The van der Waals surface area contributed by atoms with E-state index in [0.29, 0.717) is 13.2 Å². The molecule has 0 aliphatic heterocycles. The maximum atomic E-state index is 5.26. The van der Waals surface area contributed by atoms with Gasteiger partial charge in [0.2, 0.25) is 0 Å². The first-order valence-electron chi connectivity index (χ1n) is 4.63. The largest absolute Gasteiger partial charge is 0.640 e. The van der Waals surface area contributed by atoms with Crippen molar-refractivity contribution in [2.45, 2.75) is 26.7 Å². The number of hydrogen-bond donors (Lipinski definition) is 0. The minimum absolute atomic E-state index is 0.220. The summed E-state index contributed by atoms with van der Waals surface area (Å²) in [6.07, 6.45) is 6.92. The Morgan fingerprint density at radius 3 is 2.00 bits per heavy atom. The van der Waals surface area contributed by atoms with Gasteiger partial charge in [-0.25, -0.2) is 0 Å². The van der Waals surface area contributed by atoms with Gasteiger partial charge in [-0.3, -0.25) is 0 Å². The van der Waals surface area contributed by atoms with E-state index in [4.69, 9.17) is 20.4 Å². The van der Waals surface area contributed by atoms with Gasteiger partial charge in [-0.2, -0.15) is 0 Å². The third kappa shape index (κ3) is 7.85. The predicted octanol–water partition coefficient (Wildman–Crippen LogP) is 1.47. The Morgan fingerprint density at radius 1 is 1.08 bits per heavy atom. The van der Waals surface area contributed by atoms with E-state index < -0.39 is 7.32 Å². The van der Waals surface area contributed by atoms with Gasteiger partial charge in [0.15, 0.2) is 0 Å². The van der Waals surface area contributed by atoms with Crippen LogP contribution in [0.2, 0.25) is 0 Å². The van der Waals surface area contributed by atoms with E-state index >= 15 is 0 Å². The smallest absolute Gasteiger partial charge is 0.386 e. The Bertz CT molecular complexity index is 136. The summed E-state index contributed by atoms with van der Waals surface area (Å²) in [6.45, 7) is 5.52. The van der Waals surface area contributed by atoms with E-state index in [2.05, 4.69) is 5.92 Å². The van der Waals surface area contributed by atoms with Crippen molar-refractivity contribution in [3.05, 3.63) is 0 Å². The molecule has 0 atom stereocenters. The van der Waals surface area contributed by atoms with E-state index in [1.807, 2.05) is 13.8 Å².